The second-order valence-electron chi connectivity index (χ2n) is 7.84. The van der Waals surface area contributed by atoms with Crippen molar-refractivity contribution >= 4 is 17.5 Å². The molecule has 0 unspecified atom stereocenters. The standard InChI is InChI=1S/C25H22N2O5/c1-31-20-13-12-17(14-19(20)28)22-21-23(32-27(22)18-10-6-3-7-11-18)25(30)26(24(21)29)15-16-8-4-2-5-9-16/h2-14,21-23,28H,15H2,1H3/t21-,22-,23-/m0/s1. The average Bonchev–Trinajstić information content (AvgIpc) is 3.32. The fourth-order valence-electron chi connectivity index (χ4n) is 4.42. The molecule has 2 saturated heterocycles. The normalized spacial score (nSPS) is 22.3. The zero-order chi connectivity index (χ0) is 22.2. The molecule has 2 amide bonds. The summed E-state index contributed by atoms with van der Waals surface area (Å²) < 4.78 is 5.16. The van der Waals surface area contributed by atoms with E-state index in [1.54, 1.807) is 23.3 Å². The number of fused-ring (bicyclic) bond motifs is 1. The molecule has 3 atom stereocenters. The van der Waals surface area contributed by atoms with Crippen LogP contribution in [0.3, 0.4) is 0 Å². The molecule has 3 aromatic rings. The highest BCUT2D eigenvalue weighted by Crippen LogP contribution is 2.48. The molecular formula is C25H22N2O5. The number of aromatic hydroxyl groups is 1. The number of anilines is 1. The lowest BCUT2D eigenvalue weighted by molar-refractivity contribution is -0.143. The van der Waals surface area contributed by atoms with Crippen LogP contribution in [0.4, 0.5) is 5.69 Å². The second kappa shape index (κ2) is 8.01. The molecule has 1 N–H and O–H groups in total. The molecule has 2 heterocycles. The topological polar surface area (TPSA) is 79.3 Å². The van der Waals surface area contributed by atoms with E-state index < -0.39 is 18.1 Å². The third kappa shape index (κ3) is 3.27. The summed E-state index contributed by atoms with van der Waals surface area (Å²) in [4.78, 5) is 34.0. The van der Waals surface area contributed by atoms with Crippen LogP contribution in [0, 0.1) is 5.92 Å². The van der Waals surface area contributed by atoms with Crippen LogP contribution >= 0.6 is 0 Å². The first-order chi connectivity index (χ1) is 15.6. The van der Waals surface area contributed by atoms with Crippen LogP contribution in [0.5, 0.6) is 11.5 Å². The summed E-state index contributed by atoms with van der Waals surface area (Å²) in [5.74, 6) is -1.10. The van der Waals surface area contributed by atoms with Crippen molar-refractivity contribution in [1.29, 1.82) is 0 Å². The zero-order valence-electron chi connectivity index (χ0n) is 17.4. The van der Waals surface area contributed by atoms with Crippen LogP contribution in [-0.2, 0) is 21.0 Å². The maximum absolute atomic E-state index is 13.5. The highest BCUT2D eigenvalue weighted by atomic mass is 16.7. The Labute approximate surface area is 185 Å². The van der Waals surface area contributed by atoms with Crippen molar-refractivity contribution in [2.45, 2.75) is 18.7 Å². The van der Waals surface area contributed by atoms with E-state index in [1.807, 2.05) is 60.7 Å². The van der Waals surface area contributed by atoms with Crippen molar-refractivity contribution < 1.29 is 24.3 Å². The van der Waals surface area contributed by atoms with Gasteiger partial charge in [-0.2, -0.15) is 0 Å². The summed E-state index contributed by atoms with van der Waals surface area (Å²) in [5.41, 5.74) is 2.24. The largest absolute Gasteiger partial charge is 0.504 e. The van der Waals surface area contributed by atoms with Gasteiger partial charge in [0.2, 0.25) is 5.91 Å². The minimum atomic E-state index is -0.930. The van der Waals surface area contributed by atoms with Crippen LogP contribution in [0.15, 0.2) is 78.9 Å². The molecule has 0 aliphatic carbocycles. The van der Waals surface area contributed by atoms with Gasteiger partial charge in [-0.3, -0.25) is 19.3 Å². The lowest BCUT2D eigenvalue weighted by Crippen LogP contribution is -2.36. The molecule has 7 heteroatoms. The van der Waals surface area contributed by atoms with Crippen LogP contribution in [-0.4, -0.2) is 35.0 Å². The predicted molar refractivity (Wildman–Crippen MR) is 117 cm³/mol. The van der Waals surface area contributed by atoms with Gasteiger partial charge in [0.1, 0.15) is 5.92 Å². The number of nitrogens with zero attached hydrogens (tertiary/aromatic N) is 2. The number of ether oxygens (including phenoxy) is 1. The minimum Gasteiger partial charge on any atom is -0.504 e. The van der Waals surface area contributed by atoms with E-state index in [2.05, 4.69) is 0 Å². The molecule has 3 aromatic carbocycles. The fraction of sp³-hybridized carbons (Fsp3) is 0.200. The van der Waals surface area contributed by atoms with Crippen molar-refractivity contribution in [3.05, 3.63) is 90.0 Å². The predicted octanol–water partition coefficient (Wildman–Crippen LogP) is 3.45. The first-order valence-electron chi connectivity index (χ1n) is 10.4. The quantitative estimate of drug-likeness (QED) is 0.625. The Bertz CT molecular complexity index is 1150. The van der Waals surface area contributed by atoms with Crippen molar-refractivity contribution in [1.82, 2.24) is 4.90 Å². The number of benzene rings is 3. The molecule has 162 valence electrons. The van der Waals surface area contributed by atoms with Crippen molar-refractivity contribution in [3.8, 4) is 11.5 Å². The number of amides is 2. The highest BCUT2D eigenvalue weighted by molar-refractivity contribution is 6.07. The average molecular weight is 430 g/mol. The Morgan fingerprint density at radius 1 is 0.938 bits per heavy atom. The number of hydrogen-bond donors (Lipinski definition) is 1. The molecule has 0 saturated carbocycles. The van der Waals surface area contributed by atoms with Gasteiger partial charge in [0.25, 0.3) is 5.91 Å². The summed E-state index contributed by atoms with van der Waals surface area (Å²) in [7, 11) is 1.47. The van der Waals surface area contributed by atoms with E-state index in [9.17, 15) is 14.7 Å². The van der Waals surface area contributed by atoms with Gasteiger partial charge < -0.3 is 9.84 Å². The van der Waals surface area contributed by atoms with E-state index in [0.29, 0.717) is 11.3 Å². The van der Waals surface area contributed by atoms with E-state index in [0.717, 1.165) is 11.3 Å². The van der Waals surface area contributed by atoms with Crippen LogP contribution < -0.4 is 9.80 Å². The van der Waals surface area contributed by atoms with E-state index >= 15 is 0 Å². The molecule has 32 heavy (non-hydrogen) atoms. The Morgan fingerprint density at radius 3 is 2.28 bits per heavy atom. The maximum Gasteiger partial charge on any atom is 0.262 e. The number of rotatable bonds is 5. The van der Waals surface area contributed by atoms with Crippen LogP contribution in [0.1, 0.15) is 17.2 Å². The van der Waals surface area contributed by atoms with Gasteiger partial charge in [-0.05, 0) is 35.4 Å². The Hall–Kier alpha value is -3.84. The third-order valence-electron chi connectivity index (χ3n) is 5.95. The molecule has 0 spiro atoms. The first-order valence-corrected chi connectivity index (χ1v) is 10.4. The minimum absolute atomic E-state index is 0.0422. The number of carbonyl (C=O) groups is 2. The summed E-state index contributed by atoms with van der Waals surface area (Å²) in [5, 5.41) is 12.0. The summed E-state index contributed by atoms with van der Waals surface area (Å²) in [6, 6.07) is 23.1. The monoisotopic (exact) mass is 430 g/mol. The highest BCUT2D eigenvalue weighted by Gasteiger charge is 2.59. The molecule has 7 nitrogen and oxygen atoms in total. The Morgan fingerprint density at radius 2 is 1.62 bits per heavy atom. The van der Waals surface area contributed by atoms with Gasteiger partial charge in [-0.15, -0.1) is 0 Å². The molecule has 2 aliphatic rings. The number of para-hydroxylation sites is 1. The third-order valence-corrected chi connectivity index (χ3v) is 5.95. The summed E-state index contributed by atoms with van der Waals surface area (Å²) >= 11 is 0. The van der Waals surface area contributed by atoms with Gasteiger partial charge in [-0.1, -0.05) is 54.6 Å². The van der Waals surface area contributed by atoms with Gasteiger partial charge in [-0.25, -0.2) is 5.06 Å². The van der Waals surface area contributed by atoms with E-state index in [4.69, 9.17) is 9.57 Å². The van der Waals surface area contributed by atoms with Gasteiger partial charge in [0, 0.05) is 0 Å². The number of carbonyl (C=O) groups excluding carboxylic acids is 2. The number of hydrogen-bond acceptors (Lipinski definition) is 6. The molecule has 2 fully saturated rings. The molecule has 2 aliphatic heterocycles. The van der Waals surface area contributed by atoms with Crippen LogP contribution in [0.2, 0.25) is 0 Å². The molecule has 0 radical (unpaired) electrons. The van der Waals surface area contributed by atoms with Gasteiger partial charge in [0.15, 0.2) is 17.6 Å². The zero-order valence-corrected chi connectivity index (χ0v) is 17.4. The van der Waals surface area contributed by atoms with Gasteiger partial charge >= 0.3 is 0 Å². The Kier molecular flexibility index (Phi) is 5.03. The number of hydroxylamine groups is 1. The number of phenolic OH excluding ortho intramolecular Hbond substituents is 1. The van der Waals surface area contributed by atoms with Crippen molar-refractivity contribution in [3.63, 3.8) is 0 Å². The first kappa shape index (κ1) is 20.1. The van der Waals surface area contributed by atoms with Crippen molar-refractivity contribution in [2.24, 2.45) is 5.92 Å². The number of methoxy groups -OCH3 is 1. The Balaban J connectivity index is 1.54. The molecular weight excluding hydrogens is 408 g/mol. The number of likely N-dealkylation sites (tertiary alicyclic amines) is 1. The fourth-order valence-corrected chi connectivity index (χ4v) is 4.42. The van der Waals surface area contributed by atoms with E-state index in [1.165, 1.54) is 12.0 Å². The van der Waals surface area contributed by atoms with Crippen LogP contribution in [0.25, 0.3) is 0 Å². The molecule has 5 rings (SSSR count). The number of imide groups is 1. The summed E-state index contributed by atoms with van der Waals surface area (Å²) in [6.07, 6.45) is -0.930. The second-order valence-corrected chi connectivity index (χ2v) is 7.84. The maximum atomic E-state index is 13.5. The molecule has 0 bridgehead atoms. The lowest BCUT2D eigenvalue weighted by Gasteiger charge is -2.29. The lowest BCUT2D eigenvalue weighted by atomic mass is 9.90. The molecule has 0 aromatic heterocycles. The number of phenols is 1. The smallest absolute Gasteiger partial charge is 0.262 e. The van der Waals surface area contributed by atoms with Gasteiger partial charge in [0.05, 0.1) is 25.4 Å². The van der Waals surface area contributed by atoms with E-state index in [-0.39, 0.29) is 24.1 Å². The SMILES string of the molecule is COc1ccc([C@H]2[C@@H]3C(=O)N(Cc4ccccc4)C(=O)[C@H]3ON2c2ccccc2)cc1O. The summed E-state index contributed by atoms with van der Waals surface area (Å²) in [6.45, 7) is 0.195. The van der Waals surface area contributed by atoms with Crippen molar-refractivity contribution in [2.75, 3.05) is 12.2 Å².